The van der Waals surface area contributed by atoms with Crippen molar-refractivity contribution in [2.45, 2.75) is 39.8 Å². The van der Waals surface area contributed by atoms with Crippen LogP contribution in [0.2, 0.25) is 0 Å². The molecule has 3 rings (SSSR count). The van der Waals surface area contributed by atoms with Crippen molar-refractivity contribution in [3.63, 3.8) is 0 Å². The quantitative estimate of drug-likeness (QED) is 0.760. The summed E-state index contributed by atoms with van der Waals surface area (Å²) in [5.74, 6) is -0.188. The van der Waals surface area contributed by atoms with Gasteiger partial charge in [-0.05, 0) is 32.9 Å². The Hall–Kier alpha value is -1.84. The van der Waals surface area contributed by atoms with Crippen molar-refractivity contribution < 1.29 is 18.3 Å². The van der Waals surface area contributed by atoms with E-state index in [-0.39, 0.29) is 18.4 Å². The van der Waals surface area contributed by atoms with E-state index in [1.54, 1.807) is 25.2 Å². The number of amides is 1. The molecule has 1 aliphatic heterocycles. The summed E-state index contributed by atoms with van der Waals surface area (Å²) in [6.07, 6.45) is 0.0453. The van der Waals surface area contributed by atoms with E-state index < -0.39 is 6.55 Å². The van der Waals surface area contributed by atoms with Crippen LogP contribution in [0, 0.1) is 20.8 Å². The number of hydrogen-bond acceptors (Lipinski definition) is 5. The smallest absolute Gasteiger partial charge is 0.333 e. The van der Waals surface area contributed by atoms with Gasteiger partial charge in [0.05, 0.1) is 31.4 Å². The van der Waals surface area contributed by atoms with Gasteiger partial charge in [-0.1, -0.05) is 0 Å². The molecule has 3 heterocycles. The molecule has 9 heteroatoms. The molecule has 154 valence electrons. The van der Waals surface area contributed by atoms with Gasteiger partial charge < -0.3 is 10.1 Å². The van der Waals surface area contributed by atoms with Crippen LogP contribution in [0.1, 0.15) is 39.3 Å². The molecule has 6 nitrogen and oxygen atoms in total. The minimum Gasteiger partial charge on any atom is -0.379 e. The summed E-state index contributed by atoms with van der Waals surface area (Å²) in [6, 6.07) is 4.27. The molecule has 0 bridgehead atoms. The number of nitrogens with one attached hydrogen (secondary N) is 1. The molecule has 1 unspecified atom stereocenters. The Morgan fingerprint density at radius 2 is 2.00 bits per heavy atom. The number of carbonyl (C=O) groups excluding carboxylic acids is 1. The zero-order valence-corrected chi connectivity index (χ0v) is 17.2. The van der Waals surface area contributed by atoms with E-state index in [0.29, 0.717) is 41.4 Å². The van der Waals surface area contributed by atoms with Gasteiger partial charge in [0.1, 0.15) is 0 Å². The molecule has 0 saturated carbocycles. The maximum absolute atomic E-state index is 13.0. The SMILES string of the molecule is Cc1ccc(C(CNC(=O)Cc2c(C)nn(C(F)F)c2C)N2CCOCC2)s1. The van der Waals surface area contributed by atoms with Gasteiger partial charge in [0.2, 0.25) is 5.91 Å². The second-order valence-electron chi connectivity index (χ2n) is 6.97. The summed E-state index contributed by atoms with van der Waals surface area (Å²) < 4.78 is 32.1. The number of aromatic nitrogens is 2. The molecule has 1 amide bonds. The van der Waals surface area contributed by atoms with Crippen molar-refractivity contribution >= 4 is 17.2 Å². The molecule has 1 aliphatic rings. The van der Waals surface area contributed by atoms with Crippen molar-refractivity contribution in [1.82, 2.24) is 20.0 Å². The standard InChI is InChI=1S/C19H26F2N4O2S/c1-12-4-5-17(28-12)16(24-6-8-27-9-7-24)11-22-18(26)10-15-13(2)23-25(14(15)3)19(20)21/h4-5,16,19H,6-11H2,1-3H3,(H,22,26). The van der Waals surface area contributed by atoms with Crippen molar-refractivity contribution in [1.29, 1.82) is 0 Å². The Balaban J connectivity index is 1.67. The molecule has 1 saturated heterocycles. The van der Waals surface area contributed by atoms with Crippen molar-refractivity contribution in [2.24, 2.45) is 0 Å². The third kappa shape index (κ3) is 4.76. The van der Waals surface area contributed by atoms with Gasteiger partial charge in [-0.25, -0.2) is 4.68 Å². The third-order valence-electron chi connectivity index (χ3n) is 5.07. The molecule has 1 N–H and O–H groups in total. The Morgan fingerprint density at radius 3 is 2.57 bits per heavy atom. The normalized spacial score (nSPS) is 16.5. The van der Waals surface area contributed by atoms with Gasteiger partial charge in [0, 0.05) is 40.6 Å². The molecular formula is C19H26F2N4O2S. The van der Waals surface area contributed by atoms with E-state index in [4.69, 9.17) is 4.74 Å². The van der Waals surface area contributed by atoms with E-state index in [0.717, 1.165) is 13.1 Å². The summed E-state index contributed by atoms with van der Waals surface area (Å²) in [7, 11) is 0. The fourth-order valence-electron chi connectivity index (χ4n) is 3.51. The summed E-state index contributed by atoms with van der Waals surface area (Å²) in [4.78, 5) is 17.3. The highest BCUT2D eigenvalue weighted by molar-refractivity contribution is 7.12. The zero-order chi connectivity index (χ0) is 20.3. The van der Waals surface area contributed by atoms with E-state index in [1.807, 2.05) is 0 Å². The van der Waals surface area contributed by atoms with Gasteiger partial charge >= 0.3 is 6.55 Å². The van der Waals surface area contributed by atoms with Gasteiger partial charge in [-0.2, -0.15) is 13.9 Å². The van der Waals surface area contributed by atoms with Gasteiger partial charge in [-0.15, -0.1) is 11.3 Å². The number of hydrogen-bond donors (Lipinski definition) is 1. The number of thiophene rings is 1. The summed E-state index contributed by atoms with van der Waals surface area (Å²) in [5, 5.41) is 6.84. The lowest BCUT2D eigenvalue weighted by Crippen LogP contribution is -2.43. The van der Waals surface area contributed by atoms with Crippen LogP contribution in [-0.2, 0) is 16.0 Å². The van der Waals surface area contributed by atoms with Crippen LogP contribution in [0.5, 0.6) is 0 Å². The maximum atomic E-state index is 13.0. The molecule has 0 radical (unpaired) electrons. The molecule has 0 spiro atoms. The van der Waals surface area contributed by atoms with Gasteiger partial charge in [0.25, 0.3) is 0 Å². The number of alkyl halides is 2. The molecule has 2 aromatic rings. The first-order valence-corrected chi connectivity index (χ1v) is 10.2. The maximum Gasteiger partial charge on any atom is 0.333 e. The Labute approximate surface area is 167 Å². The highest BCUT2D eigenvalue weighted by Crippen LogP contribution is 2.28. The highest BCUT2D eigenvalue weighted by Gasteiger charge is 2.25. The average molecular weight is 413 g/mol. The van der Waals surface area contributed by atoms with Crippen molar-refractivity contribution in [3.05, 3.63) is 38.8 Å². The second-order valence-corrected chi connectivity index (χ2v) is 8.28. The van der Waals surface area contributed by atoms with Crippen LogP contribution >= 0.6 is 11.3 Å². The Morgan fingerprint density at radius 1 is 1.29 bits per heavy atom. The van der Waals surface area contributed by atoms with Crippen LogP contribution in [0.3, 0.4) is 0 Å². The molecule has 0 aromatic carbocycles. The molecule has 2 aromatic heterocycles. The van der Waals surface area contributed by atoms with E-state index in [2.05, 4.69) is 34.4 Å². The predicted octanol–water partition coefficient (Wildman–Crippen LogP) is 3.00. The minimum absolute atomic E-state index is 0.0453. The fourth-order valence-corrected chi connectivity index (χ4v) is 4.52. The molecule has 28 heavy (non-hydrogen) atoms. The topological polar surface area (TPSA) is 59.4 Å². The summed E-state index contributed by atoms with van der Waals surface area (Å²) in [5.41, 5.74) is 1.36. The number of carbonyl (C=O) groups is 1. The number of ether oxygens (including phenoxy) is 1. The second kappa shape index (κ2) is 9.11. The summed E-state index contributed by atoms with van der Waals surface area (Å²) in [6.45, 7) is 6.05. The van der Waals surface area contributed by atoms with Crippen LogP contribution in [-0.4, -0.2) is 53.4 Å². The van der Waals surface area contributed by atoms with Gasteiger partial charge in [0.15, 0.2) is 0 Å². The largest absolute Gasteiger partial charge is 0.379 e. The lowest BCUT2D eigenvalue weighted by atomic mass is 10.1. The predicted molar refractivity (Wildman–Crippen MR) is 104 cm³/mol. The molecule has 1 fully saturated rings. The number of halogens is 2. The first-order valence-electron chi connectivity index (χ1n) is 9.34. The number of nitrogens with zero attached hydrogens (tertiary/aromatic N) is 3. The number of rotatable bonds is 7. The fraction of sp³-hybridized carbons (Fsp3) is 0.579. The lowest BCUT2D eigenvalue weighted by Gasteiger charge is -2.34. The first-order chi connectivity index (χ1) is 13.4. The van der Waals surface area contributed by atoms with Gasteiger partial charge in [-0.3, -0.25) is 9.69 Å². The van der Waals surface area contributed by atoms with E-state index in [9.17, 15) is 13.6 Å². The van der Waals surface area contributed by atoms with Crippen molar-refractivity contribution in [2.75, 3.05) is 32.8 Å². The highest BCUT2D eigenvalue weighted by atomic mass is 32.1. The Bertz CT molecular complexity index is 815. The minimum atomic E-state index is -2.71. The zero-order valence-electron chi connectivity index (χ0n) is 16.4. The number of aryl methyl sites for hydroxylation is 2. The van der Waals surface area contributed by atoms with Crippen LogP contribution in [0.25, 0.3) is 0 Å². The molecule has 1 atom stereocenters. The Kier molecular flexibility index (Phi) is 6.79. The van der Waals surface area contributed by atoms with Crippen LogP contribution < -0.4 is 5.32 Å². The van der Waals surface area contributed by atoms with E-state index in [1.165, 1.54) is 9.75 Å². The van der Waals surface area contributed by atoms with Crippen molar-refractivity contribution in [3.8, 4) is 0 Å². The van der Waals surface area contributed by atoms with Crippen LogP contribution in [0.15, 0.2) is 12.1 Å². The molecular weight excluding hydrogens is 386 g/mol. The number of morpholine rings is 1. The monoisotopic (exact) mass is 412 g/mol. The summed E-state index contributed by atoms with van der Waals surface area (Å²) >= 11 is 1.73. The van der Waals surface area contributed by atoms with Crippen LogP contribution in [0.4, 0.5) is 8.78 Å². The third-order valence-corrected chi connectivity index (χ3v) is 6.17. The average Bonchev–Trinajstić information content (AvgIpc) is 3.21. The van der Waals surface area contributed by atoms with E-state index >= 15 is 0 Å². The molecule has 0 aliphatic carbocycles. The lowest BCUT2D eigenvalue weighted by molar-refractivity contribution is -0.120. The first kappa shape index (κ1) is 20.9.